The quantitative estimate of drug-likeness (QED) is 0.551. The summed E-state index contributed by atoms with van der Waals surface area (Å²) in [5.74, 6) is -0.106. The maximum Gasteiger partial charge on any atom is 0.177 e. The SMILES string of the molecule is CCCOCC(=O)C(N)COC. The van der Waals surface area contributed by atoms with Crippen LogP contribution in [0.15, 0.2) is 0 Å². The molecule has 0 saturated carbocycles. The number of hydrogen-bond donors (Lipinski definition) is 1. The molecule has 0 spiro atoms. The van der Waals surface area contributed by atoms with Crippen molar-refractivity contribution in [2.75, 3.05) is 26.9 Å². The molecule has 0 aliphatic rings. The average Bonchev–Trinajstić information content (AvgIpc) is 2.05. The third-order valence-electron chi connectivity index (χ3n) is 1.35. The van der Waals surface area contributed by atoms with Crippen molar-refractivity contribution in [3.63, 3.8) is 0 Å². The molecule has 0 aliphatic carbocycles. The monoisotopic (exact) mass is 175 g/mol. The number of Topliss-reactive ketones (excluding diaryl/α,β-unsaturated/α-hetero) is 1. The van der Waals surface area contributed by atoms with Crippen LogP contribution < -0.4 is 5.73 Å². The molecule has 1 atom stereocenters. The van der Waals surface area contributed by atoms with Gasteiger partial charge in [-0.3, -0.25) is 4.79 Å². The van der Waals surface area contributed by atoms with E-state index in [1.54, 1.807) is 0 Å². The minimum Gasteiger partial charge on any atom is -0.383 e. The summed E-state index contributed by atoms with van der Waals surface area (Å²) < 4.78 is 9.76. The van der Waals surface area contributed by atoms with E-state index in [1.807, 2.05) is 6.92 Å². The van der Waals surface area contributed by atoms with Gasteiger partial charge in [-0.25, -0.2) is 0 Å². The molecule has 0 aromatic rings. The highest BCUT2D eigenvalue weighted by atomic mass is 16.5. The van der Waals surface area contributed by atoms with Crippen molar-refractivity contribution in [3.8, 4) is 0 Å². The molecule has 12 heavy (non-hydrogen) atoms. The van der Waals surface area contributed by atoms with Crippen LogP contribution in [-0.4, -0.2) is 38.8 Å². The zero-order valence-electron chi connectivity index (χ0n) is 7.71. The van der Waals surface area contributed by atoms with E-state index in [2.05, 4.69) is 0 Å². The predicted octanol–water partition coefficient (Wildman–Crippen LogP) is -0.0442. The maximum atomic E-state index is 11.1. The second kappa shape index (κ2) is 7.21. The van der Waals surface area contributed by atoms with E-state index in [1.165, 1.54) is 7.11 Å². The Morgan fingerprint density at radius 2 is 2.25 bits per heavy atom. The lowest BCUT2D eigenvalue weighted by Crippen LogP contribution is -2.37. The van der Waals surface area contributed by atoms with Crippen LogP contribution in [0.2, 0.25) is 0 Å². The molecular weight excluding hydrogens is 158 g/mol. The normalized spacial score (nSPS) is 12.9. The lowest BCUT2D eigenvalue weighted by Gasteiger charge is -2.08. The fourth-order valence-electron chi connectivity index (χ4n) is 0.697. The first kappa shape index (κ1) is 11.6. The summed E-state index contributed by atoms with van der Waals surface area (Å²) >= 11 is 0. The van der Waals surface area contributed by atoms with Crippen LogP contribution in [-0.2, 0) is 14.3 Å². The van der Waals surface area contributed by atoms with Crippen LogP contribution in [0.4, 0.5) is 0 Å². The minimum atomic E-state index is -0.549. The van der Waals surface area contributed by atoms with Gasteiger partial charge in [-0.2, -0.15) is 0 Å². The van der Waals surface area contributed by atoms with Crippen molar-refractivity contribution in [1.29, 1.82) is 0 Å². The molecule has 72 valence electrons. The highest BCUT2D eigenvalue weighted by molar-refractivity contribution is 5.85. The van der Waals surface area contributed by atoms with Crippen molar-refractivity contribution >= 4 is 5.78 Å². The smallest absolute Gasteiger partial charge is 0.177 e. The van der Waals surface area contributed by atoms with Crippen molar-refractivity contribution in [3.05, 3.63) is 0 Å². The van der Waals surface area contributed by atoms with E-state index in [-0.39, 0.29) is 19.0 Å². The Morgan fingerprint density at radius 3 is 2.75 bits per heavy atom. The Kier molecular flexibility index (Phi) is 6.94. The summed E-state index contributed by atoms with van der Waals surface area (Å²) in [6, 6.07) is -0.549. The number of nitrogens with two attached hydrogens (primary N) is 1. The van der Waals surface area contributed by atoms with E-state index < -0.39 is 6.04 Å². The Hall–Kier alpha value is -0.450. The van der Waals surface area contributed by atoms with Gasteiger partial charge in [0, 0.05) is 13.7 Å². The van der Waals surface area contributed by atoms with E-state index in [9.17, 15) is 4.79 Å². The van der Waals surface area contributed by atoms with Crippen LogP contribution in [0.3, 0.4) is 0 Å². The van der Waals surface area contributed by atoms with Gasteiger partial charge in [0.2, 0.25) is 0 Å². The molecule has 0 rings (SSSR count). The van der Waals surface area contributed by atoms with Gasteiger partial charge in [-0.05, 0) is 6.42 Å². The summed E-state index contributed by atoms with van der Waals surface area (Å²) in [5, 5.41) is 0. The number of rotatable bonds is 7. The zero-order chi connectivity index (χ0) is 9.40. The van der Waals surface area contributed by atoms with Gasteiger partial charge in [-0.15, -0.1) is 0 Å². The van der Waals surface area contributed by atoms with Crippen LogP contribution in [0, 0.1) is 0 Å². The molecule has 4 nitrogen and oxygen atoms in total. The van der Waals surface area contributed by atoms with Gasteiger partial charge in [0.05, 0.1) is 12.6 Å². The first-order valence-corrected chi connectivity index (χ1v) is 4.07. The van der Waals surface area contributed by atoms with Crippen LogP contribution >= 0.6 is 0 Å². The molecule has 0 heterocycles. The van der Waals surface area contributed by atoms with Gasteiger partial charge in [0.15, 0.2) is 5.78 Å². The molecule has 0 bridgehead atoms. The topological polar surface area (TPSA) is 61.5 Å². The van der Waals surface area contributed by atoms with Gasteiger partial charge >= 0.3 is 0 Å². The van der Waals surface area contributed by atoms with Crippen molar-refractivity contribution in [1.82, 2.24) is 0 Å². The Morgan fingerprint density at radius 1 is 1.58 bits per heavy atom. The van der Waals surface area contributed by atoms with Crippen LogP contribution in [0.25, 0.3) is 0 Å². The summed E-state index contributed by atoms with van der Waals surface area (Å²) in [5.41, 5.74) is 5.46. The third-order valence-corrected chi connectivity index (χ3v) is 1.35. The zero-order valence-corrected chi connectivity index (χ0v) is 7.71. The van der Waals surface area contributed by atoms with E-state index in [0.717, 1.165) is 6.42 Å². The molecular formula is C8H17NO3. The predicted molar refractivity (Wildman–Crippen MR) is 46.0 cm³/mol. The molecule has 2 N–H and O–H groups in total. The second-order valence-corrected chi connectivity index (χ2v) is 2.58. The molecule has 0 aliphatic heterocycles. The number of carbonyl (C=O) groups is 1. The fourth-order valence-corrected chi connectivity index (χ4v) is 0.697. The second-order valence-electron chi connectivity index (χ2n) is 2.58. The molecule has 1 unspecified atom stereocenters. The minimum absolute atomic E-state index is 0.0956. The van der Waals surface area contributed by atoms with Gasteiger partial charge in [0.1, 0.15) is 6.61 Å². The Labute approximate surface area is 73.0 Å². The molecule has 0 aromatic carbocycles. The molecule has 0 aromatic heterocycles. The van der Waals surface area contributed by atoms with Crippen molar-refractivity contribution in [2.24, 2.45) is 5.73 Å². The molecule has 0 amide bonds. The van der Waals surface area contributed by atoms with E-state index >= 15 is 0 Å². The van der Waals surface area contributed by atoms with Gasteiger partial charge in [0.25, 0.3) is 0 Å². The lowest BCUT2D eigenvalue weighted by atomic mass is 10.2. The number of hydrogen-bond acceptors (Lipinski definition) is 4. The average molecular weight is 175 g/mol. The third kappa shape index (κ3) is 5.23. The highest BCUT2D eigenvalue weighted by Crippen LogP contribution is 1.87. The molecule has 0 saturated heterocycles. The highest BCUT2D eigenvalue weighted by Gasteiger charge is 2.12. The van der Waals surface area contributed by atoms with Gasteiger partial charge in [-0.1, -0.05) is 6.92 Å². The molecule has 0 radical (unpaired) electrons. The summed E-state index contributed by atoms with van der Waals surface area (Å²) in [6.07, 6.45) is 0.910. The Bertz CT molecular complexity index is 127. The number of methoxy groups -OCH3 is 1. The number of ether oxygens (including phenoxy) is 2. The standard InChI is InChI=1S/C8H17NO3/c1-3-4-12-6-8(10)7(9)5-11-2/h7H,3-6,9H2,1-2H3. The van der Waals surface area contributed by atoms with Crippen LogP contribution in [0.5, 0.6) is 0 Å². The van der Waals surface area contributed by atoms with E-state index in [0.29, 0.717) is 6.61 Å². The Balaban J connectivity index is 3.43. The first-order valence-electron chi connectivity index (χ1n) is 4.07. The number of carbonyl (C=O) groups excluding carboxylic acids is 1. The van der Waals surface area contributed by atoms with Crippen LogP contribution in [0.1, 0.15) is 13.3 Å². The largest absolute Gasteiger partial charge is 0.383 e. The summed E-state index contributed by atoms with van der Waals surface area (Å²) in [6.45, 7) is 2.94. The fraction of sp³-hybridized carbons (Fsp3) is 0.875. The lowest BCUT2D eigenvalue weighted by molar-refractivity contribution is -0.125. The van der Waals surface area contributed by atoms with Crippen molar-refractivity contribution < 1.29 is 14.3 Å². The summed E-state index contributed by atoms with van der Waals surface area (Å²) in [7, 11) is 1.51. The molecule has 4 heteroatoms. The van der Waals surface area contributed by atoms with Crippen molar-refractivity contribution in [2.45, 2.75) is 19.4 Å². The summed E-state index contributed by atoms with van der Waals surface area (Å²) in [4.78, 5) is 11.1. The van der Waals surface area contributed by atoms with Gasteiger partial charge < -0.3 is 15.2 Å². The maximum absolute atomic E-state index is 11.1. The first-order chi connectivity index (χ1) is 5.72. The number of ketones is 1. The molecule has 0 fully saturated rings. The van der Waals surface area contributed by atoms with E-state index in [4.69, 9.17) is 15.2 Å².